The molecule has 1 aromatic carbocycles. The Hall–Kier alpha value is -0.755. The van der Waals surface area contributed by atoms with Gasteiger partial charge in [-0.25, -0.2) is 0 Å². The Balaban J connectivity index is 2.92. The minimum Gasteiger partial charge on any atom is -0.428 e. The first-order valence-corrected chi connectivity index (χ1v) is 5.61. The van der Waals surface area contributed by atoms with Crippen LogP contribution in [0.5, 0.6) is 0 Å². The lowest BCUT2D eigenvalue weighted by molar-refractivity contribution is 0.236. The molecule has 0 unspecified atom stereocenters. The van der Waals surface area contributed by atoms with Crippen molar-refractivity contribution in [2.24, 2.45) is 0 Å². The van der Waals surface area contributed by atoms with E-state index in [1.807, 2.05) is 6.07 Å². The van der Waals surface area contributed by atoms with E-state index >= 15 is 0 Å². The highest BCUT2D eigenvalue weighted by atomic mass is 16.4. The molecule has 15 heavy (non-hydrogen) atoms. The van der Waals surface area contributed by atoms with Gasteiger partial charge in [-0.05, 0) is 24.6 Å². The summed E-state index contributed by atoms with van der Waals surface area (Å²) < 4.78 is 6.00. The zero-order chi connectivity index (χ0) is 11.5. The van der Waals surface area contributed by atoms with Gasteiger partial charge in [-0.1, -0.05) is 51.1 Å². The number of hydrogen-bond donors (Lipinski definition) is 0. The van der Waals surface area contributed by atoms with E-state index in [0.717, 1.165) is 0 Å². The fourth-order valence-corrected chi connectivity index (χ4v) is 1.68. The Bertz CT molecular complexity index is 287. The smallest absolute Gasteiger partial charge is 0.332 e. The Labute approximate surface area is 94.0 Å². The topological polar surface area (TPSA) is 9.23 Å². The zero-order valence-electron chi connectivity index (χ0n) is 10.4. The fraction of sp³-hybridized carbons (Fsp3) is 0.538. The van der Waals surface area contributed by atoms with Gasteiger partial charge in [0, 0.05) is 6.10 Å². The molecular formula is C13H21BO. The number of rotatable bonds is 3. The summed E-state index contributed by atoms with van der Waals surface area (Å²) in [7, 11) is 0. The van der Waals surface area contributed by atoms with Crippen molar-refractivity contribution in [3.05, 3.63) is 30.3 Å². The first kappa shape index (κ1) is 12.3. The van der Waals surface area contributed by atoms with Crippen molar-refractivity contribution in [2.45, 2.75) is 46.0 Å². The van der Waals surface area contributed by atoms with Gasteiger partial charge in [0.05, 0.1) is 0 Å². The third-order valence-corrected chi connectivity index (χ3v) is 2.30. The van der Waals surface area contributed by atoms with Gasteiger partial charge in [0.25, 0.3) is 0 Å². The van der Waals surface area contributed by atoms with E-state index in [2.05, 4.69) is 58.9 Å². The summed E-state index contributed by atoms with van der Waals surface area (Å²) >= 11 is 0. The van der Waals surface area contributed by atoms with Crippen LogP contribution in [-0.4, -0.2) is 13.0 Å². The first-order valence-electron chi connectivity index (χ1n) is 5.61. The van der Waals surface area contributed by atoms with Crippen molar-refractivity contribution < 1.29 is 4.65 Å². The van der Waals surface area contributed by atoms with Gasteiger partial charge in [0.15, 0.2) is 0 Å². The predicted octanol–water partition coefficient (Wildman–Crippen LogP) is 3.11. The van der Waals surface area contributed by atoms with Gasteiger partial charge in [-0.15, -0.1) is 0 Å². The van der Waals surface area contributed by atoms with Crippen molar-refractivity contribution in [3.8, 4) is 0 Å². The van der Waals surface area contributed by atoms with E-state index in [0.29, 0.717) is 0 Å². The quantitative estimate of drug-likeness (QED) is 0.687. The summed E-state index contributed by atoms with van der Waals surface area (Å²) in [4.78, 5) is 0. The van der Waals surface area contributed by atoms with E-state index in [-0.39, 0.29) is 18.3 Å². The number of hydrogen-bond acceptors (Lipinski definition) is 1. The molecule has 0 spiro atoms. The van der Waals surface area contributed by atoms with Crippen molar-refractivity contribution in [1.82, 2.24) is 0 Å². The molecule has 1 rings (SSSR count). The van der Waals surface area contributed by atoms with Crippen LogP contribution in [0.2, 0.25) is 5.31 Å². The molecule has 0 bridgehead atoms. The van der Waals surface area contributed by atoms with Crippen LogP contribution in [0.25, 0.3) is 0 Å². The third-order valence-electron chi connectivity index (χ3n) is 2.30. The highest BCUT2D eigenvalue weighted by Gasteiger charge is 2.33. The lowest BCUT2D eigenvalue weighted by Gasteiger charge is -2.29. The molecule has 0 atom stereocenters. The molecule has 0 saturated carbocycles. The molecule has 0 fully saturated rings. The van der Waals surface area contributed by atoms with Crippen molar-refractivity contribution in [1.29, 1.82) is 0 Å². The maximum Gasteiger partial charge on any atom is 0.332 e. The van der Waals surface area contributed by atoms with Gasteiger partial charge >= 0.3 is 6.92 Å². The maximum atomic E-state index is 6.00. The summed E-state index contributed by atoms with van der Waals surface area (Å²) in [5, 5.41) is 0.131. The Morgan fingerprint density at radius 1 is 1.07 bits per heavy atom. The highest BCUT2D eigenvalue weighted by Crippen LogP contribution is 2.27. The molecule has 0 heterocycles. The summed E-state index contributed by atoms with van der Waals surface area (Å²) in [6.45, 7) is 11.0. The van der Waals surface area contributed by atoms with Crippen molar-refractivity contribution in [3.63, 3.8) is 0 Å². The standard InChI is InChI=1S/C13H21BO/c1-11(2)15-14(13(3,4)5)12-9-7-6-8-10-12/h6-11H,1-5H3. The molecule has 1 nitrogen and oxygen atoms in total. The number of benzene rings is 1. The van der Waals surface area contributed by atoms with Gasteiger partial charge < -0.3 is 4.65 Å². The van der Waals surface area contributed by atoms with Crippen molar-refractivity contribution >= 4 is 12.4 Å². The van der Waals surface area contributed by atoms with Crippen LogP contribution in [0.15, 0.2) is 30.3 Å². The van der Waals surface area contributed by atoms with E-state index in [1.54, 1.807) is 0 Å². The normalized spacial score (nSPS) is 11.9. The molecule has 0 aliphatic heterocycles. The van der Waals surface area contributed by atoms with Gasteiger partial charge in [-0.3, -0.25) is 0 Å². The third kappa shape index (κ3) is 3.71. The predicted molar refractivity (Wildman–Crippen MR) is 67.8 cm³/mol. The van der Waals surface area contributed by atoms with Crippen LogP contribution in [0.1, 0.15) is 34.6 Å². The van der Waals surface area contributed by atoms with Gasteiger partial charge in [-0.2, -0.15) is 0 Å². The largest absolute Gasteiger partial charge is 0.428 e. The van der Waals surface area contributed by atoms with Crippen LogP contribution in [0, 0.1) is 0 Å². The van der Waals surface area contributed by atoms with Gasteiger partial charge in [0.1, 0.15) is 0 Å². The molecule has 1 aromatic rings. The summed E-state index contributed by atoms with van der Waals surface area (Å²) in [6, 6.07) is 10.4. The summed E-state index contributed by atoms with van der Waals surface area (Å²) in [5.41, 5.74) is 1.26. The fourth-order valence-electron chi connectivity index (χ4n) is 1.68. The second kappa shape index (κ2) is 4.85. The van der Waals surface area contributed by atoms with Gasteiger partial charge in [0.2, 0.25) is 0 Å². The molecule has 0 amide bonds. The Morgan fingerprint density at radius 2 is 1.60 bits per heavy atom. The first-order chi connectivity index (χ1) is 6.91. The van der Waals surface area contributed by atoms with Crippen LogP contribution in [0.3, 0.4) is 0 Å². The molecular weight excluding hydrogens is 183 g/mol. The van der Waals surface area contributed by atoms with Crippen LogP contribution in [0.4, 0.5) is 0 Å². The molecule has 2 heteroatoms. The summed E-state index contributed by atoms with van der Waals surface area (Å²) in [6.07, 6.45) is 0.259. The highest BCUT2D eigenvalue weighted by molar-refractivity contribution is 6.70. The molecule has 0 aliphatic rings. The van der Waals surface area contributed by atoms with E-state index in [9.17, 15) is 0 Å². The van der Waals surface area contributed by atoms with E-state index in [4.69, 9.17) is 4.65 Å². The van der Waals surface area contributed by atoms with Crippen LogP contribution in [-0.2, 0) is 4.65 Å². The van der Waals surface area contributed by atoms with Crippen LogP contribution >= 0.6 is 0 Å². The maximum absolute atomic E-state index is 6.00. The Kier molecular flexibility index (Phi) is 3.98. The SMILES string of the molecule is CC(C)OB(c1ccccc1)C(C)(C)C. The minimum atomic E-state index is 0.131. The molecule has 82 valence electrons. The average Bonchev–Trinajstić information content (AvgIpc) is 2.14. The van der Waals surface area contributed by atoms with Crippen LogP contribution < -0.4 is 5.46 Å². The van der Waals surface area contributed by atoms with Crippen molar-refractivity contribution in [2.75, 3.05) is 0 Å². The molecule has 0 aliphatic carbocycles. The molecule has 0 N–H and O–H groups in total. The van der Waals surface area contributed by atoms with E-state index < -0.39 is 0 Å². The van der Waals surface area contributed by atoms with E-state index in [1.165, 1.54) is 5.46 Å². The lowest BCUT2D eigenvalue weighted by atomic mass is 9.44. The molecule has 0 radical (unpaired) electrons. The average molecular weight is 204 g/mol. The lowest BCUT2D eigenvalue weighted by Crippen LogP contribution is -2.43. The second-order valence-corrected chi connectivity index (χ2v) is 5.34. The molecule has 0 aromatic heterocycles. The summed E-state index contributed by atoms with van der Waals surface area (Å²) in [5.74, 6) is 0. The zero-order valence-corrected chi connectivity index (χ0v) is 10.4. The monoisotopic (exact) mass is 204 g/mol. The second-order valence-electron chi connectivity index (χ2n) is 5.34. The Morgan fingerprint density at radius 3 is 2.00 bits per heavy atom. The molecule has 0 saturated heterocycles. The minimum absolute atomic E-state index is 0.131.